The highest BCUT2D eigenvalue weighted by molar-refractivity contribution is 6.31. The number of carbonyl (C=O) groups is 1. The van der Waals surface area contributed by atoms with E-state index in [9.17, 15) is 4.79 Å². The smallest absolute Gasteiger partial charge is 0.277 e. The van der Waals surface area contributed by atoms with E-state index in [0.717, 1.165) is 28.1 Å². The van der Waals surface area contributed by atoms with Crippen LogP contribution >= 0.6 is 23.2 Å². The van der Waals surface area contributed by atoms with Crippen molar-refractivity contribution in [1.82, 2.24) is 15.2 Å². The minimum Gasteiger partial charge on any atom is -0.483 e. The number of halogens is 2. The summed E-state index contributed by atoms with van der Waals surface area (Å²) in [6.45, 7) is 1.66. The summed E-state index contributed by atoms with van der Waals surface area (Å²) in [4.78, 5) is 12.3. The maximum atomic E-state index is 12.3. The predicted octanol–water partition coefficient (Wildman–Crippen LogP) is 5.68. The van der Waals surface area contributed by atoms with Crippen molar-refractivity contribution in [2.24, 2.45) is 5.10 Å². The number of benzene rings is 3. The van der Waals surface area contributed by atoms with Crippen molar-refractivity contribution in [3.05, 3.63) is 100 Å². The molecule has 1 heterocycles. The Hall–Kier alpha value is -3.61. The molecule has 0 aliphatic heterocycles. The van der Waals surface area contributed by atoms with E-state index in [2.05, 4.69) is 15.6 Å². The van der Waals surface area contributed by atoms with Crippen molar-refractivity contribution in [1.29, 1.82) is 0 Å². The molecular weight excluding hydrogens is 459 g/mol. The van der Waals surface area contributed by atoms with Gasteiger partial charge in [-0.15, -0.1) is 0 Å². The Kier molecular flexibility index (Phi) is 7.07. The first-order chi connectivity index (χ1) is 16.0. The number of para-hydroxylation sites is 1. The molecule has 1 N–H and O–H groups in total. The number of carbonyl (C=O) groups excluding carboxylic acids is 1. The maximum absolute atomic E-state index is 12.3. The van der Waals surface area contributed by atoms with Gasteiger partial charge >= 0.3 is 0 Å². The van der Waals surface area contributed by atoms with Crippen molar-refractivity contribution < 1.29 is 9.53 Å². The van der Waals surface area contributed by atoms with Crippen molar-refractivity contribution >= 4 is 35.3 Å². The summed E-state index contributed by atoms with van der Waals surface area (Å²) < 4.78 is 7.66. The number of rotatable bonds is 7. The normalized spacial score (nSPS) is 11.0. The number of aromatic nitrogens is 2. The predicted molar refractivity (Wildman–Crippen MR) is 131 cm³/mol. The zero-order chi connectivity index (χ0) is 23.2. The molecule has 166 valence electrons. The lowest BCUT2D eigenvalue weighted by Crippen LogP contribution is -2.24. The van der Waals surface area contributed by atoms with Gasteiger partial charge in [0.2, 0.25) is 0 Å². The van der Waals surface area contributed by atoms with Gasteiger partial charge in [-0.2, -0.15) is 10.2 Å². The van der Waals surface area contributed by atoms with Crippen LogP contribution in [-0.4, -0.2) is 28.5 Å². The van der Waals surface area contributed by atoms with E-state index in [4.69, 9.17) is 27.9 Å². The zero-order valence-electron chi connectivity index (χ0n) is 17.7. The van der Waals surface area contributed by atoms with E-state index >= 15 is 0 Å². The van der Waals surface area contributed by atoms with Gasteiger partial charge in [-0.25, -0.2) is 10.1 Å². The van der Waals surface area contributed by atoms with Crippen molar-refractivity contribution in [3.8, 4) is 22.7 Å². The Labute approximate surface area is 201 Å². The molecule has 6 nitrogen and oxygen atoms in total. The summed E-state index contributed by atoms with van der Waals surface area (Å²) in [5.41, 5.74) is 6.52. The Bertz CT molecular complexity index is 1290. The first kappa shape index (κ1) is 22.6. The lowest BCUT2D eigenvalue weighted by molar-refractivity contribution is -0.123. The Balaban J connectivity index is 1.51. The molecule has 0 aliphatic carbocycles. The zero-order valence-corrected chi connectivity index (χ0v) is 19.2. The van der Waals surface area contributed by atoms with Gasteiger partial charge in [-0.1, -0.05) is 53.5 Å². The van der Waals surface area contributed by atoms with Crippen LogP contribution in [0.3, 0.4) is 0 Å². The van der Waals surface area contributed by atoms with Crippen LogP contribution in [0.25, 0.3) is 16.9 Å². The summed E-state index contributed by atoms with van der Waals surface area (Å²) in [7, 11) is 0. The van der Waals surface area contributed by atoms with Crippen LogP contribution < -0.4 is 10.2 Å². The fourth-order valence-electron chi connectivity index (χ4n) is 3.16. The topological polar surface area (TPSA) is 68.5 Å². The van der Waals surface area contributed by atoms with Crippen molar-refractivity contribution in [3.63, 3.8) is 0 Å². The summed E-state index contributed by atoms with van der Waals surface area (Å²) in [6, 6.07) is 22.3. The largest absolute Gasteiger partial charge is 0.483 e. The molecule has 0 atom stereocenters. The number of nitrogens with zero attached hydrogens (tertiary/aromatic N) is 3. The molecule has 0 aliphatic rings. The summed E-state index contributed by atoms with van der Waals surface area (Å²) in [5.74, 6) is 0.127. The number of hydrogen-bond donors (Lipinski definition) is 1. The molecule has 0 bridgehead atoms. The number of hydrogen-bond acceptors (Lipinski definition) is 4. The van der Waals surface area contributed by atoms with Gasteiger partial charge in [0.25, 0.3) is 5.91 Å². The van der Waals surface area contributed by atoms with E-state index < -0.39 is 5.91 Å². The summed E-state index contributed by atoms with van der Waals surface area (Å²) >= 11 is 12.3. The second-order valence-corrected chi connectivity index (χ2v) is 8.04. The lowest BCUT2D eigenvalue weighted by atomic mass is 10.1. The number of hydrazone groups is 1. The average molecular weight is 479 g/mol. The van der Waals surface area contributed by atoms with Crippen LogP contribution in [0.1, 0.15) is 11.1 Å². The van der Waals surface area contributed by atoms with Gasteiger partial charge in [-0.3, -0.25) is 4.79 Å². The third-order valence-corrected chi connectivity index (χ3v) is 5.47. The fourth-order valence-corrected chi connectivity index (χ4v) is 3.45. The van der Waals surface area contributed by atoms with Gasteiger partial charge in [-0.05, 0) is 60.5 Å². The Morgan fingerprint density at radius 1 is 1.09 bits per heavy atom. The van der Waals surface area contributed by atoms with Gasteiger partial charge in [0.1, 0.15) is 5.75 Å². The van der Waals surface area contributed by atoms with E-state index in [1.807, 2.05) is 55.5 Å². The van der Waals surface area contributed by atoms with Crippen molar-refractivity contribution in [2.75, 3.05) is 6.61 Å². The SMILES string of the molecule is Cc1cc(OCC(=O)N/N=C/c2ccc(Cl)cc2)c(-c2ccnn2-c2ccccc2)cc1Cl. The van der Waals surface area contributed by atoms with Crippen LogP contribution in [0.2, 0.25) is 10.0 Å². The monoisotopic (exact) mass is 478 g/mol. The first-order valence-electron chi connectivity index (χ1n) is 10.1. The lowest BCUT2D eigenvalue weighted by Gasteiger charge is -2.15. The molecule has 4 rings (SSSR count). The molecule has 0 spiro atoms. The summed E-state index contributed by atoms with van der Waals surface area (Å²) in [6.07, 6.45) is 3.24. The van der Waals surface area contributed by atoms with Crippen LogP contribution in [-0.2, 0) is 4.79 Å². The Morgan fingerprint density at radius 2 is 1.85 bits per heavy atom. The number of nitrogens with one attached hydrogen (secondary N) is 1. The average Bonchev–Trinajstić information content (AvgIpc) is 3.31. The number of ether oxygens (including phenoxy) is 1. The molecule has 1 aromatic heterocycles. The molecule has 0 radical (unpaired) electrons. The fraction of sp³-hybridized carbons (Fsp3) is 0.0800. The third kappa shape index (κ3) is 5.61. The molecule has 4 aromatic rings. The van der Waals surface area contributed by atoms with E-state index in [0.29, 0.717) is 15.8 Å². The van der Waals surface area contributed by atoms with E-state index in [1.165, 1.54) is 6.21 Å². The number of aryl methyl sites for hydroxylation is 1. The maximum Gasteiger partial charge on any atom is 0.277 e. The first-order valence-corrected chi connectivity index (χ1v) is 10.9. The molecule has 3 aromatic carbocycles. The molecule has 0 unspecified atom stereocenters. The van der Waals surface area contributed by atoms with E-state index in [-0.39, 0.29) is 6.61 Å². The minimum absolute atomic E-state index is 0.217. The second-order valence-electron chi connectivity index (χ2n) is 7.19. The van der Waals surface area contributed by atoms with Crippen molar-refractivity contribution in [2.45, 2.75) is 6.92 Å². The van der Waals surface area contributed by atoms with Gasteiger partial charge < -0.3 is 4.74 Å². The molecule has 0 saturated heterocycles. The molecule has 1 amide bonds. The molecule has 33 heavy (non-hydrogen) atoms. The molecule has 0 saturated carbocycles. The number of amides is 1. The van der Waals surface area contributed by atoms with Crippen LogP contribution in [0.15, 0.2) is 84.1 Å². The minimum atomic E-state index is -0.393. The second kappa shape index (κ2) is 10.3. The van der Waals surface area contributed by atoms with Gasteiger partial charge in [0.05, 0.1) is 23.8 Å². The van der Waals surface area contributed by atoms with Crippen LogP contribution in [0.4, 0.5) is 0 Å². The van der Waals surface area contributed by atoms with E-state index in [1.54, 1.807) is 35.1 Å². The highest BCUT2D eigenvalue weighted by atomic mass is 35.5. The Morgan fingerprint density at radius 3 is 2.61 bits per heavy atom. The molecular formula is C25H20Cl2N4O2. The standard InChI is InChI=1S/C25H20Cl2N4O2/c1-17-13-24(33-16-25(32)30-28-15-18-7-9-19(26)10-8-18)21(14-22(17)27)23-11-12-29-31(23)20-5-3-2-4-6-20/h2-15H,16H2,1H3,(H,30,32)/b28-15+. The molecule has 0 fully saturated rings. The highest BCUT2D eigenvalue weighted by Gasteiger charge is 2.16. The molecule has 8 heteroatoms. The van der Waals surface area contributed by atoms with Crippen LogP contribution in [0.5, 0.6) is 5.75 Å². The summed E-state index contributed by atoms with van der Waals surface area (Å²) in [5, 5.41) is 9.62. The van der Waals surface area contributed by atoms with Gasteiger partial charge in [0, 0.05) is 15.6 Å². The quantitative estimate of drug-likeness (QED) is 0.274. The van der Waals surface area contributed by atoms with Gasteiger partial charge in [0.15, 0.2) is 6.61 Å². The third-order valence-electron chi connectivity index (χ3n) is 4.81. The van der Waals surface area contributed by atoms with Crippen LogP contribution in [0, 0.1) is 6.92 Å². The highest BCUT2D eigenvalue weighted by Crippen LogP contribution is 2.35.